The second kappa shape index (κ2) is 8.10. The fraction of sp³-hybridized carbons (Fsp3) is 0.100. The number of fused-ring (bicyclic) bond motifs is 1. The van der Waals surface area contributed by atoms with Gasteiger partial charge >= 0.3 is 0 Å². The van der Waals surface area contributed by atoms with Gasteiger partial charge in [0, 0.05) is 22.5 Å². The van der Waals surface area contributed by atoms with Crippen LogP contribution in [0, 0.1) is 5.82 Å². The first kappa shape index (κ1) is 19.2. The Morgan fingerprint density at radius 3 is 2.86 bits per heavy atom. The molecular formula is C20H14ClFN4O2S. The molecule has 0 radical (unpaired) electrons. The third-order valence-electron chi connectivity index (χ3n) is 4.22. The second-order valence-electron chi connectivity index (χ2n) is 6.29. The fourth-order valence-corrected chi connectivity index (χ4v) is 3.89. The van der Waals surface area contributed by atoms with Crippen molar-refractivity contribution < 1.29 is 9.18 Å². The third-order valence-corrected chi connectivity index (χ3v) is 5.50. The molecule has 1 amide bonds. The first-order chi connectivity index (χ1) is 14.0. The maximum atomic E-state index is 13.4. The Hall–Kier alpha value is -3.10. The van der Waals surface area contributed by atoms with Gasteiger partial charge in [0.05, 0.1) is 17.2 Å². The maximum Gasteiger partial charge on any atom is 0.261 e. The Morgan fingerprint density at radius 1 is 1.21 bits per heavy atom. The zero-order chi connectivity index (χ0) is 20.4. The van der Waals surface area contributed by atoms with Crippen molar-refractivity contribution in [1.82, 2.24) is 14.5 Å². The van der Waals surface area contributed by atoms with E-state index in [0.717, 1.165) is 21.1 Å². The van der Waals surface area contributed by atoms with Gasteiger partial charge in [-0.3, -0.25) is 14.2 Å². The SMILES string of the molecule is O=C(Cn1cnc2ccc(F)cc2c1=O)Nc1ncc(Cc2ccccc2Cl)s1. The summed E-state index contributed by atoms with van der Waals surface area (Å²) in [6, 6.07) is 11.3. The number of nitrogens with one attached hydrogen (secondary N) is 1. The molecule has 0 saturated carbocycles. The average Bonchev–Trinajstić information content (AvgIpc) is 3.13. The van der Waals surface area contributed by atoms with Crippen molar-refractivity contribution in [3.8, 4) is 0 Å². The number of hydrogen-bond donors (Lipinski definition) is 1. The molecule has 2 aromatic heterocycles. The second-order valence-corrected chi connectivity index (χ2v) is 7.81. The highest BCUT2D eigenvalue weighted by Gasteiger charge is 2.12. The van der Waals surface area contributed by atoms with Crippen molar-refractivity contribution >= 4 is 44.9 Å². The zero-order valence-electron chi connectivity index (χ0n) is 14.9. The summed E-state index contributed by atoms with van der Waals surface area (Å²) in [6.45, 7) is -0.252. The average molecular weight is 429 g/mol. The minimum absolute atomic E-state index is 0.122. The molecule has 146 valence electrons. The van der Waals surface area contributed by atoms with Gasteiger partial charge in [0.15, 0.2) is 5.13 Å². The lowest BCUT2D eigenvalue weighted by atomic mass is 10.1. The van der Waals surface area contributed by atoms with Crippen molar-refractivity contribution in [3.05, 3.63) is 86.6 Å². The lowest BCUT2D eigenvalue weighted by Crippen LogP contribution is -2.27. The first-order valence-corrected chi connectivity index (χ1v) is 9.82. The van der Waals surface area contributed by atoms with E-state index >= 15 is 0 Å². The van der Waals surface area contributed by atoms with E-state index in [9.17, 15) is 14.0 Å². The van der Waals surface area contributed by atoms with Crippen molar-refractivity contribution in [2.45, 2.75) is 13.0 Å². The monoisotopic (exact) mass is 428 g/mol. The standard InChI is InChI=1S/C20H14ClFN4O2S/c21-16-4-2-1-3-12(16)7-14-9-23-20(29-14)25-18(27)10-26-11-24-17-6-5-13(22)8-15(17)19(26)28/h1-6,8-9,11H,7,10H2,(H,23,25,27). The maximum absolute atomic E-state index is 13.4. The Morgan fingerprint density at radius 2 is 2.03 bits per heavy atom. The minimum atomic E-state index is -0.535. The number of thiazole rings is 1. The van der Waals surface area contributed by atoms with Gasteiger partial charge in [-0.1, -0.05) is 29.8 Å². The van der Waals surface area contributed by atoms with Gasteiger partial charge in [0.1, 0.15) is 12.4 Å². The van der Waals surface area contributed by atoms with Crippen LogP contribution < -0.4 is 10.9 Å². The number of rotatable bonds is 5. The van der Waals surface area contributed by atoms with Crippen LogP contribution >= 0.6 is 22.9 Å². The number of carbonyl (C=O) groups excluding carboxylic acids is 1. The van der Waals surface area contributed by atoms with Crippen LogP contribution in [0.2, 0.25) is 5.02 Å². The molecule has 2 aromatic carbocycles. The van der Waals surface area contributed by atoms with Crippen LogP contribution in [0.25, 0.3) is 10.9 Å². The fourth-order valence-electron chi connectivity index (χ4n) is 2.83. The van der Waals surface area contributed by atoms with E-state index in [-0.39, 0.29) is 11.9 Å². The molecule has 29 heavy (non-hydrogen) atoms. The van der Waals surface area contributed by atoms with Gasteiger partial charge in [-0.15, -0.1) is 11.3 Å². The van der Waals surface area contributed by atoms with Crippen LogP contribution in [0.5, 0.6) is 0 Å². The van der Waals surface area contributed by atoms with Gasteiger partial charge in [0.25, 0.3) is 5.56 Å². The van der Waals surface area contributed by atoms with Gasteiger partial charge < -0.3 is 5.32 Å². The molecule has 9 heteroatoms. The van der Waals surface area contributed by atoms with Crippen molar-refractivity contribution in [2.75, 3.05) is 5.32 Å². The zero-order valence-corrected chi connectivity index (χ0v) is 16.5. The largest absolute Gasteiger partial charge is 0.300 e. The van der Waals surface area contributed by atoms with Crippen molar-refractivity contribution in [1.29, 1.82) is 0 Å². The van der Waals surface area contributed by atoms with Crippen LogP contribution in [-0.2, 0) is 17.8 Å². The topological polar surface area (TPSA) is 76.9 Å². The van der Waals surface area contributed by atoms with E-state index in [2.05, 4.69) is 15.3 Å². The van der Waals surface area contributed by atoms with E-state index in [4.69, 9.17) is 11.6 Å². The summed E-state index contributed by atoms with van der Waals surface area (Å²) < 4.78 is 14.5. The molecule has 0 bridgehead atoms. The van der Waals surface area contributed by atoms with E-state index in [1.807, 2.05) is 24.3 Å². The minimum Gasteiger partial charge on any atom is -0.300 e. The number of halogens is 2. The number of nitrogens with zero attached hydrogens (tertiary/aromatic N) is 3. The Balaban J connectivity index is 1.46. The summed E-state index contributed by atoms with van der Waals surface area (Å²) in [5.74, 6) is -0.962. The summed E-state index contributed by atoms with van der Waals surface area (Å²) in [6.07, 6.45) is 3.55. The molecule has 0 atom stereocenters. The molecular weight excluding hydrogens is 415 g/mol. The number of amides is 1. The molecule has 0 aliphatic carbocycles. The van der Waals surface area contributed by atoms with Crippen molar-refractivity contribution in [3.63, 3.8) is 0 Å². The van der Waals surface area contributed by atoms with Crippen LogP contribution in [0.1, 0.15) is 10.4 Å². The number of carbonyl (C=O) groups is 1. The van der Waals surface area contributed by atoms with Gasteiger partial charge in [-0.25, -0.2) is 14.4 Å². The molecule has 0 unspecified atom stereocenters. The predicted octanol–water partition coefficient (Wildman–Crippen LogP) is 3.88. The molecule has 0 spiro atoms. The molecule has 2 heterocycles. The van der Waals surface area contributed by atoms with Gasteiger partial charge in [0.2, 0.25) is 5.91 Å². The van der Waals surface area contributed by atoms with Crippen LogP contribution in [-0.4, -0.2) is 20.4 Å². The van der Waals surface area contributed by atoms with Gasteiger partial charge in [-0.05, 0) is 29.8 Å². The Kier molecular flexibility index (Phi) is 5.37. The highest BCUT2D eigenvalue weighted by Crippen LogP contribution is 2.24. The van der Waals surface area contributed by atoms with Crippen LogP contribution in [0.15, 0.2) is 59.8 Å². The summed E-state index contributed by atoms with van der Waals surface area (Å²) in [5, 5.41) is 3.89. The molecule has 4 aromatic rings. The molecule has 0 fully saturated rings. The van der Waals surface area contributed by atoms with E-state index in [0.29, 0.717) is 22.1 Å². The number of aromatic nitrogens is 3. The smallest absolute Gasteiger partial charge is 0.261 e. The Labute approximate surface area is 173 Å². The lowest BCUT2D eigenvalue weighted by molar-refractivity contribution is -0.116. The van der Waals surface area contributed by atoms with Crippen molar-refractivity contribution in [2.24, 2.45) is 0 Å². The Bertz CT molecular complexity index is 1270. The van der Waals surface area contributed by atoms with Gasteiger partial charge in [-0.2, -0.15) is 0 Å². The third kappa shape index (κ3) is 4.33. The normalized spacial score (nSPS) is 11.0. The molecule has 1 N–H and O–H groups in total. The first-order valence-electron chi connectivity index (χ1n) is 8.62. The lowest BCUT2D eigenvalue weighted by Gasteiger charge is -2.06. The number of anilines is 1. The summed E-state index contributed by atoms with van der Waals surface area (Å²) in [5.41, 5.74) is 0.858. The highest BCUT2D eigenvalue weighted by atomic mass is 35.5. The summed E-state index contributed by atoms with van der Waals surface area (Å²) >= 11 is 7.50. The molecule has 4 rings (SSSR count). The van der Waals surface area contributed by atoms with E-state index < -0.39 is 17.3 Å². The highest BCUT2D eigenvalue weighted by molar-refractivity contribution is 7.15. The summed E-state index contributed by atoms with van der Waals surface area (Å²) in [4.78, 5) is 34.0. The molecule has 0 aliphatic rings. The predicted molar refractivity (Wildman–Crippen MR) is 111 cm³/mol. The van der Waals surface area contributed by atoms with Crippen LogP contribution in [0.3, 0.4) is 0 Å². The van der Waals surface area contributed by atoms with E-state index in [1.165, 1.54) is 29.8 Å². The number of benzene rings is 2. The van der Waals surface area contributed by atoms with Crippen LogP contribution in [0.4, 0.5) is 9.52 Å². The molecule has 6 nitrogen and oxygen atoms in total. The van der Waals surface area contributed by atoms with E-state index in [1.54, 1.807) is 6.20 Å². The quantitative estimate of drug-likeness (QED) is 0.523. The molecule has 0 aliphatic heterocycles. The summed E-state index contributed by atoms with van der Waals surface area (Å²) in [7, 11) is 0. The number of hydrogen-bond acceptors (Lipinski definition) is 5. The molecule has 0 saturated heterocycles.